The molecule has 0 saturated heterocycles. The Morgan fingerprint density at radius 2 is 1.79 bits per heavy atom. The molecule has 0 radical (unpaired) electrons. The van der Waals surface area contributed by atoms with Crippen molar-refractivity contribution in [2.75, 3.05) is 5.73 Å². The summed E-state index contributed by atoms with van der Waals surface area (Å²) in [6.07, 6.45) is -0.868. The zero-order valence-electron chi connectivity index (χ0n) is 10.5. The lowest BCUT2D eigenvalue weighted by molar-refractivity contribution is -0.144. The first-order chi connectivity index (χ1) is 9.08. The molecular weight excluding hydrogens is 242 g/mol. The van der Waals surface area contributed by atoms with Gasteiger partial charge in [0.15, 0.2) is 6.10 Å². The highest BCUT2D eigenvalue weighted by Gasteiger charge is 2.12. The predicted molar refractivity (Wildman–Crippen MR) is 74.0 cm³/mol. The molecule has 2 aromatic rings. The SMILES string of the molecule is CC(Oc1ccc(-c2ccccc2N)cc1)C(=O)O. The van der Waals surface area contributed by atoms with Crippen molar-refractivity contribution < 1.29 is 14.6 Å². The second-order valence-corrected chi connectivity index (χ2v) is 4.21. The molecule has 0 aliphatic rings. The minimum atomic E-state index is -0.989. The van der Waals surface area contributed by atoms with Crippen LogP contribution in [0.1, 0.15) is 6.92 Å². The summed E-state index contributed by atoms with van der Waals surface area (Å²) in [6, 6.07) is 14.8. The van der Waals surface area contributed by atoms with E-state index in [1.807, 2.05) is 36.4 Å². The predicted octanol–water partition coefficient (Wildman–Crippen LogP) is 2.79. The molecule has 0 aliphatic carbocycles. The Balaban J connectivity index is 2.19. The van der Waals surface area contributed by atoms with Crippen molar-refractivity contribution in [1.82, 2.24) is 0 Å². The highest BCUT2D eigenvalue weighted by Crippen LogP contribution is 2.27. The summed E-state index contributed by atoms with van der Waals surface area (Å²) in [7, 11) is 0. The standard InChI is InChI=1S/C15H15NO3/c1-10(15(17)18)19-12-8-6-11(7-9-12)13-4-2-3-5-14(13)16/h2-10H,16H2,1H3,(H,17,18). The van der Waals surface area contributed by atoms with E-state index in [0.29, 0.717) is 11.4 Å². The average Bonchev–Trinajstić information content (AvgIpc) is 2.40. The molecule has 0 fully saturated rings. The Hall–Kier alpha value is -2.49. The third-order valence-electron chi connectivity index (χ3n) is 2.79. The molecule has 3 N–H and O–H groups in total. The fourth-order valence-electron chi connectivity index (χ4n) is 1.73. The van der Waals surface area contributed by atoms with Crippen LogP contribution in [-0.4, -0.2) is 17.2 Å². The van der Waals surface area contributed by atoms with E-state index >= 15 is 0 Å². The largest absolute Gasteiger partial charge is 0.479 e. The van der Waals surface area contributed by atoms with Gasteiger partial charge in [0.1, 0.15) is 5.75 Å². The number of carboxylic acids is 1. The van der Waals surface area contributed by atoms with Crippen molar-refractivity contribution in [2.45, 2.75) is 13.0 Å². The zero-order chi connectivity index (χ0) is 13.8. The average molecular weight is 257 g/mol. The minimum Gasteiger partial charge on any atom is -0.479 e. The summed E-state index contributed by atoms with van der Waals surface area (Å²) < 4.78 is 5.27. The maximum Gasteiger partial charge on any atom is 0.344 e. The number of benzene rings is 2. The third kappa shape index (κ3) is 3.04. The molecule has 0 saturated carbocycles. The van der Waals surface area contributed by atoms with Gasteiger partial charge >= 0.3 is 5.97 Å². The van der Waals surface area contributed by atoms with Crippen LogP contribution < -0.4 is 10.5 Å². The normalized spacial score (nSPS) is 11.8. The Kier molecular flexibility index (Phi) is 3.71. The van der Waals surface area contributed by atoms with Crippen molar-refractivity contribution in [3.8, 4) is 16.9 Å². The molecule has 2 rings (SSSR count). The van der Waals surface area contributed by atoms with Crippen molar-refractivity contribution in [1.29, 1.82) is 0 Å². The maximum absolute atomic E-state index is 10.7. The lowest BCUT2D eigenvalue weighted by Crippen LogP contribution is -2.22. The molecule has 0 amide bonds. The van der Waals surface area contributed by atoms with Gasteiger partial charge in [0.2, 0.25) is 0 Å². The molecule has 1 unspecified atom stereocenters. The van der Waals surface area contributed by atoms with Gasteiger partial charge < -0.3 is 15.6 Å². The number of hydrogen-bond donors (Lipinski definition) is 2. The van der Waals surface area contributed by atoms with Crippen LogP contribution in [0.4, 0.5) is 5.69 Å². The van der Waals surface area contributed by atoms with E-state index in [1.165, 1.54) is 6.92 Å². The molecule has 1 atom stereocenters. The van der Waals surface area contributed by atoms with Gasteiger partial charge in [0.25, 0.3) is 0 Å². The number of carboxylic acid groups (broad SMARTS) is 1. The molecular formula is C15H15NO3. The van der Waals surface area contributed by atoms with E-state index in [4.69, 9.17) is 15.6 Å². The van der Waals surface area contributed by atoms with Gasteiger partial charge in [-0.25, -0.2) is 4.79 Å². The van der Waals surface area contributed by atoms with Crippen molar-refractivity contribution in [3.05, 3.63) is 48.5 Å². The van der Waals surface area contributed by atoms with Crippen LogP contribution in [0.2, 0.25) is 0 Å². The number of rotatable bonds is 4. The topological polar surface area (TPSA) is 72.5 Å². The second kappa shape index (κ2) is 5.44. The quantitative estimate of drug-likeness (QED) is 0.826. The van der Waals surface area contributed by atoms with Crippen LogP contribution in [0.3, 0.4) is 0 Å². The fraction of sp³-hybridized carbons (Fsp3) is 0.133. The molecule has 2 aromatic carbocycles. The molecule has 4 nitrogen and oxygen atoms in total. The second-order valence-electron chi connectivity index (χ2n) is 4.21. The molecule has 0 bridgehead atoms. The fourth-order valence-corrected chi connectivity index (χ4v) is 1.73. The highest BCUT2D eigenvalue weighted by molar-refractivity contribution is 5.76. The van der Waals surface area contributed by atoms with Crippen molar-refractivity contribution >= 4 is 11.7 Å². The Labute approximate surface area is 111 Å². The number of hydrogen-bond acceptors (Lipinski definition) is 3. The highest BCUT2D eigenvalue weighted by atomic mass is 16.5. The van der Waals surface area contributed by atoms with Crippen LogP contribution in [0, 0.1) is 0 Å². The Morgan fingerprint density at radius 3 is 2.37 bits per heavy atom. The number of nitrogen functional groups attached to an aromatic ring is 1. The molecule has 0 aliphatic heterocycles. The van der Waals surface area contributed by atoms with Crippen LogP contribution in [-0.2, 0) is 4.79 Å². The van der Waals surface area contributed by atoms with Crippen LogP contribution in [0.5, 0.6) is 5.75 Å². The van der Waals surface area contributed by atoms with E-state index in [9.17, 15) is 4.79 Å². The summed E-state index contributed by atoms with van der Waals surface area (Å²) in [5.74, 6) is -0.468. The van der Waals surface area contributed by atoms with Gasteiger partial charge in [-0.2, -0.15) is 0 Å². The summed E-state index contributed by atoms with van der Waals surface area (Å²) in [4.78, 5) is 10.7. The first-order valence-electron chi connectivity index (χ1n) is 5.92. The number of aliphatic carboxylic acids is 1. The van der Waals surface area contributed by atoms with Crippen LogP contribution in [0.25, 0.3) is 11.1 Å². The zero-order valence-corrected chi connectivity index (χ0v) is 10.5. The molecule has 19 heavy (non-hydrogen) atoms. The summed E-state index contributed by atoms with van der Waals surface area (Å²) in [5.41, 5.74) is 8.52. The number of para-hydroxylation sites is 1. The van der Waals surface area contributed by atoms with Crippen LogP contribution >= 0.6 is 0 Å². The molecule has 0 aromatic heterocycles. The van der Waals surface area contributed by atoms with E-state index in [1.54, 1.807) is 12.1 Å². The van der Waals surface area contributed by atoms with E-state index in [2.05, 4.69) is 0 Å². The first-order valence-corrected chi connectivity index (χ1v) is 5.92. The Morgan fingerprint density at radius 1 is 1.16 bits per heavy atom. The molecule has 98 valence electrons. The van der Waals surface area contributed by atoms with Crippen molar-refractivity contribution in [3.63, 3.8) is 0 Å². The van der Waals surface area contributed by atoms with Gasteiger partial charge in [-0.05, 0) is 30.7 Å². The number of carbonyl (C=O) groups is 1. The van der Waals surface area contributed by atoms with E-state index in [-0.39, 0.29) is 0 Å². The van der Waals surface area contributed by atoms with Gasteiger partial charge in [-0.1, -0.05) is 30.3 Å². The Bertz CT molecular complexity index is 578. The maximum atomic E-state index is 10.7. The summed E-state index contributed by atoms with van der Waals surface area (Å²) in [6.45, 7) is 1.49. The number of anilines is 1. The van der Waals surface area contributed by atoms with Gasteiger partial charge in [-0.3, -0.25) is 0 Å². The number of ether oxygens (including phenoxy) is 1. The monoisotopic (exact) mass is 257 g/mol. The third-order valence-corrected chi connectivity index (χ3v) is 2.79. The van der Waals surface area contributed by atoms with Gasteiger partial charge in [0, 0.05) is 11.3 Å². The molecule has 4 heteroatoms. The van der Waals surface area contributed by atoms with E-state index in [0.717, 1.165) is 11.1 Å². The minimum absolute atomic E-state index is 0.521. The number of nitrogens with two attached hydrogens (primary N) is 1. The van der Waals surface area contributed by atoms with Crippen molar-refractivity contribution in [2.24, 2.45) is 0 Å². The molecule has 0 heterocycles. The summed E-state index contributed by atoms with van der Waals surface area (Å²) >= 11 is 0. The lowest BCUT2D eigenvalue weighted by Gasteiger charge is -2.11. The lowest BCUT2D eigenvalue weighted by atomic mass is 10.0. The smallest absolute Gasteiger partial charge is 0.344 e. The van der Waals surface area contributed by atoms with Gasteiger partial charge in [-0.15, -0.1) is 0 Å². The first kappa shape index (κ1) is 13.0. The van der Waals surface area contributed by atoms with E-state index < -0.39 is 12.1 Å². The van der Waals surface area contributed by atoms with Gasteiger partial charge in [0.05, 0.1) is 0 Å². The summed E-state index contributed by atoms with van der Waals surface area (Å²) in [5, 5.41) is 8.77. The molecule has 0 spiro atoms. The van der Waals surface area contributed by atoms with Crippen LogP contribution in [0.15, 0.2) is 48.5 Å².